The van der Waals surface area contributed by atoms with E-state index in [9.17, 15) is 4.79 Å². The Labute approximate surface area is 89.3 Å². The highest BCUT2D eigenvalue weighted by Gasteiger charge is 2.14. The Balaban J connectivity index is 3.73. The Morgan fingerprint density at radius 3 is 2.87 bits per heavy atom. The molecule has 0 aromatic carbocycles. The normalized spacial score (nSPS) is 11.8. The van der Waals surface area contributed by atoms with Crippen molar-refractivity contribution in [3.05, 3.63) is 10.4 Å². The minimum Gasteiger partial charge on any atom is -0.480 e. The molecular weight excluding hydrogens is 196 g/mol. The Morgan fingerprint density at radius 1 is 1.60 bits per heavy atom. The molecule has 0 aliphatic heterocycles. The number of hydrogen-bond acceptors (Lipinski definition) is 3. The number of unbranched alkanes of at least 4 members (excludes halogenated alkanes) is 2. The van der Waals surface area contributed by atoms with Crippen LogP contribution in [0.3, 0.4) is 0 Å². The van der Waals surface area contributed by atoms with Crippen molar-refractivity contribution in [2.75, 3.05) is 13.1 Å². The molecule has 0 rings (SSSR count). The molecular formula is C9H18N4O2. The highest BCUT2D eigenvalue weighted by molar-refractivity contribution is 5.73. The van der Waals surface area contributed by atoms with E-state index in [-0.39, 0.29) is 6.54 Å². The van der Waals surface area contributed by atoms with Crippen molar-refractivity contribution in [2.45, 2.75) is 38.6 Å². The number of carbonyl (C=O) groups is 1. The van der Waals surface area contributed by atoms with Crippen LogP contribution in [0.25, 0.3) is 10.4 Å². The van der Waals surface area contributed by atoms with Crippen LogP contribution in [0.15, 0.2) is 5.11 Å². The van der Waals surface area contributed by atoms with Crippen LogP contribution < -0.4 is 5.32 Å². The molecule has 0 saturated heterocycles. The van der Waals surface area contributed by atoms with E-state index in [1.165, 1.54) is 0 Å². The van der Waals surface area contributed by atoms with Gasteiger partial charge in [-0.15, -0.1) is 0 Å². The Hall–Kier alpha value is -1.26. The van der Waals surface area contributed by atoms with Gasteiger partial charge in [0.25, 0.3) is 0 Å². The zero-order valence-corrected chi connectivity index (χ0v) is 9.02. The van der Waals surface area contributed by atoms with Gasteiger partial charge in [0.2, 0.25) is 0 Å². The number of carboxylic acid groups (broad SMARTS) is 1. The minimum absolute atomic E-state index is 0.286. The summed E-state index contributed by atoms with van der Waals surface area (Å²) in [4.78, 5) is 13.4. The van der Waals surface area contributed by atoms with Crippen LogP contribution >= 0.6 is 0 Å². The van der Waals surface area contributed by atoms with Crippen LogP contribution in [0.2, 0.25) is 0 Å². The molecule has 0 heterocycles. The van der Waals surface area contributed by atoms with Crippen LogP contribution in [-0.4, -0.2) is 30.2 Å². The van der Waals surface area contributed by atoms with Crippen LogP contribution in [0.5, 0.6) is 0 Å². The summed E-state index contributed by atoms with van der Waals surface area (Å²) in [7, 11) is 0. The first-order valence-corrected chi connectivity index (χ1v) is 5.19. The molecule has 0 amide bonds. The number of nitrogens with one attached hydrogen (secondary N) is 1. The first kappa shape index (κ1) is 13.7. The SMILES string of the molecule is CCCCCC(NCCN=[N+]=[N-])C(=O)O. The second-order valence-electron chi connectivity index (χ2n) is 3.30. The number of rotatable bonds is 9. The van der Waals surface area contributed by atoms with E-state index in [1.54, 1.807) is 0 Å². The van der Waals surface area contributed by atoms with Gasteiger partial charge >= 0.3 is 5.97 Å². The van der Waals surface area contributed by atoms with Gasteiger partial charge in [0.15, 0.2) is 0 Å². The first-order chi connectivity index (χ1) is 7.22. The van der Waals surface area contributed by atoms with Gasteiger partial charge < -0.3 is 10.4 Å². The van der Waals surface area contributed by atoms with Crippen molar-refractivity contribution in [1.82, 2.24) is 5.32 Å². The molecule has 1 unspecified atom stereocenters. The quantitative estimate of drug-likeness (QED) is 0.265. The van der Waals surface area contributed by atoms with E-state index in [0.29, 0.717) is 13.0 Å². The number of aliphatic carboxylic acids is 1. The van der Waals surface area contributed by atoms with Gasteiger partial charge in [-0.1, -0.05) is 31.3 Å². The second-order valence-corrected chi connectivity index (χ2v) is 3.30. The summed E-state index contributed by atoms with van der Waals surface area (Å²) in [5.41, 5.74) is 8.03. The maximum Gasteiger partial charge on any atom is 0.320 e. The molecule has 0 fully saturated rings. The molecule has 86 valence electrons. The molecule has 0 radical (unpaired) electrons. The van der Waals surface area contributed by atoms with E-state index >= 15 is 0 Å². The van der Waals surface area contributed by atoms with Crippen molar-refractivity contribution in [2.24, 2.45) is 5.11 Å². The van der Waals surface area contributed by atoms with Gasteiger partial charge in [-0.05, 0) is 12.0 Å². The zero-order chi connectivity index (χ0) is 11.5. The maximum absolute atomic E-state index is 10.8. The van der Waals surface area contributed by atoms with Crippen LogP contribution in [0.4, 0.5) is 0 Å². The molecule has 0 bridgehead atoms. The lowest BCUT2D eigenvalue weighted by Gasteiger charge is -2.12. The number of carboxylic acids is 1. The van der Waals surface area contributed by atoms with E-state index in [4.69, 9.17) is 10.6 Å². The number of hydrogen-bond donors (Lipinski definition) is 2. The summed E-state index contributed by atoms with van der Waals surface area (Å²) in [6.07, 6.45) is 3.65. The van der Waals surface area contributed by atoms with Gasteiger partial charge in [0.1, 0.15) is 6.04 Å². The number of nitrogens with zero attached hydrogens (tertiary/aromatic N) is 3. The average Bonchev–Trinajstić information content (AvgIpc) is 2.21. The lowest BCUT2D eigenvalue weighted by atomic mass is 10.1. The fraction of sp³-hybridized carbons (Fsp3) is 0.889. The van der Waals surface area contributed by atoms with Gasteiger partial charge in [-0.2, -0.15) is 0 Å². The standard InChI is InChI=1S/C9H18N4O2/c1-2-3-4-5-8(9(14)15)11-6-7-12-13-10/h8,11H,2-7H2,1H3,(H,14,15). The Kier molecular flexibility index (Phi) is 8.52. The van der Waals surface area contributed by atoms with E-state index in [1.807, 2.05) is 0 Å². The molecule has 0 saturated carbocycles. The zero-order valence-electron chi connectivity index (χ0n) is 9.02. The fourth-order valence-electron chi connectivity index (χ4n) is 1.24. The molecule has 0 aliphatic rings. The first-order valence-electron chi connectivity index (χ1n) is 5.19. The third-order valence-electron chi connectivity index (χ3n) is 2.06. The third-order valence-corrected chi connectivity index (χ3v) is 2.06. The highest BCUT2D eigenvalue weighted by atomic mass is 16.4. The summed E-state index contributed by atoms with van der Waals surface area (Å²) in [6.45, 7) is 2.77. The molecule has 0 aromatic heterocycles. The molecule has 2 N–H and O–H groups in total. The molecule has 15 heavy (non-hydrogen) atoms. The summed E-state index contributed by atoms with van der Waals surface area (Å²) in [6, 6.07) is -0.523. The van der Waals surface area contributed by atoms with Gasteiger partial charge in [0.05, 0.1) is 0 Å². The maximum atomic E-state index is 10.8. The van der Waals surface area contributed by atoms with E-state index < -0.39 is 12.0 Å². The molecule has 0 aromatic rings. The van der Waals surface area contributed by atoms with Crippen LogP contribution in [-0.2, 0) is 4.79 Å². The van der Waals surface area contributed by atoms with E-state index in [0.717, 1.165) is 19.3 Å². The Morgan fingerprint density at radius 2 is 2.33 bits per heavy atom. The van der Waals surface area contributed by atoms with E-state index in [2.05, 4.69) is 22.3 Å². The number of azide groups is 1. The summed E-state index contributed by atoms with van der Waals surface area (Å²) < 4.78 is 0. The topological polar surface area (TPSA) is 98.1 Å². The van der Waals surface area contributed by atoms with Crippen molar-refractivity contribution >= 4 is 5.97 Å². The highest BCUT2D eigenvalue weighted by Crippen LogP contribution is 2.03. The van der Waals surface area contributed by atoms with Crippen LogP contribution in [0.1, 0.15) is 32.6 Å². The molecule has 6 heteroatoms. The lowest BCUT2D eigenvalue weighted by Crippen LogP contribution is -2.37. The predicted molar refractivity (Wildman–Crippen MR) is 57.6 cm³/mol. The second kappa shape index (κ2) is 9.30. The monoisotopic (exact) mass is 214 g/mol. The van der Waals surface area contributed by atoms with Crippen molar-refractivity contribution in [3.63, 3.8) is 0 Å². The Bertz CT molecular complexity index is 226. The summed E-state index contributed by atoms with van der Waals surface area (Å²) in [5.74, 6) is -0.841. The summed E-state index contributed by atoms with van der Waals surface area (Å²) in [5, 5.41) is 15.0. The average molecular weight is 214 g/mol. The molecule has 0 spiro atoms. The molecule has 6 nitrogen and oxygen atoms in total. The van der Waals surface area contributed by atoms with Gasteiger partial charge in [-0.25, -0.2) is 0 Å². The van der Waals surface area contributed by atoms with Crippen molar-refractivity contribution in [1.29, 1.82) is 0 Å². The fourth-order valence-corrected chi connectivity index (χ4v) is 1.24. The lowest BCUT2D eigenvalue weighted by molar-refractivity contribution is -0.139. The largest absolute Gasteiger partial charge is 0.480 e. The van der Waals surface area contributed by atoms with Gasteiger partial charge in [0, 0.05) is 18.0 Å². The van der Waals surface area contributed by atoms with Crippen molar-refractivity contribution in [3.8, 4) is 0 Å². The molecule has 1 atom stereocenters. The summed E-state index contributed by atoms with van der Waals surface area (Å²) >= 11 is 0. The molecule has 0 aliphatic carbocycles. The third kappa shape index (κ3) is 7.78. The smallest absolute Gasteiger partial charge is 0.320 e. The minimum atomic E-state index is -0.841. The van der Waals surface area contributed by atoms with Crippen LogP contribution in [0, 0.1) is 0 Å². The predicted octanol–water partition coefficient (Wildman–Crippen LogP) is 1.92. The van der Waals surface area contributed by atoms with Gasteiger partial charge in [-0.3, -0.25) is 4.79 Å². The van der Waals surface area contributed by atoms with Crippen molar-refractivity contribution < 1.29 is 9.90 Å².